The second kappa shape index (κ2) is 6.94. The third kappa shape index (κ3) is 4.11. The molecule has 6 N–H and O–H groups in total. The molecule has 0 saturated heterocycles. The molecule has 0 spiro atoms. The van der Waals surface area contributed by atoms with Gasteiger partial charge in [0.05, 0.1) is 0 Å². The summed E-state index contributed by atoms with van der Waals surface area (Å²) in [7, 11) is 0. The van der Waals surface area contributed by atoms with Gasteiger partial charge in [-0.25, -0.2) is 9.59 Å². The minimum atomic E-state index is -0.628. The lowest BCUT2D eigenvalue weighted by Crippen LogP contribution is -2.20. The van der Waals surface area contributed by atoms with Crippen molar-refractivity contribution in [2.75, 3.05) is 10.6 Å². The molecule has 0 bridgehead atoms. The summed E-state index contributed by atoms with van der Waals surface area (Å²) in [4.78, 5) is 22.0. The molecule has 0 atom stereocenters. The molecule has 2 rings (SSSR count). The Labute approximate surface area is 127 Å². The third-order valence-corrected chi connectivity index (χ3v) is 2.88. The van der Waals surface area contributed by atoms with Crippen LogP contribution in [-0.4, -0.2) is 12.1 Å². The smallest absolute Gasteiger partial charge is 0.316 e. The van der Waals surface area contributed by atoms with Gasteiger partial charge in [0.25, 0.3) is 0 Å². The van der Waals surface area contributed by atoms with Crippen molar-refractivity contribution in [3.63, 3.8) is 0 Å². The number of carbonyl (C=O) groups is 2. The number of benzene rings is 2. The van der Waals surface area contributed by atoms with Crippen molar-refractivity contribution in [3.8, 4) is 0 Å². The largest absolute Gasteiger partial charge is 0.351 e. The quantitative estimate of drug-likeness (QED) is 0.650. The lowest BCUT2D eigenvalue weighted by atomic mass is 10.1. The van der Waals surface area contributed by atoms with E-state index in [0.717, 1.165) is 11.1 Å². The van der Waals surface area contributed by atoms with Crippen molar-refractivity contribution in [2.24, 2.45) is 11.5 Å². The zero-order valence-electron chi connectivity index (χ0n) is 11.7. The molecule has 0 aliphatic rings. The maximum atomic E-state index is 11.0. The maximum absolute atomic E-state index is 11.0. The fraction of sp³-hybridized carbons (Fsp3) is 0. The highest BCUT2D eigenvalue weighted by Gasteiger charge is 2.03. The highest BCUT2D eigenvalue weighted by Crippen LogP contribution is 2.21. The van der Waals surface area contributed by atoms with Gasteiger partial charge in [-0.1, -0.05) is 48.6 Å². The van der Waals surface area contributed by atoms with E-state index in [0.29, 0.717) is 11.4 Å². The van der Waals surface area contributed by atoms with E-state index in [1.54, 1.807) is 24.3 Å². The van der Waals surface area contributed by atoms with Crippen LogP contribution in [0.15, 0.2) is 48.5 Å². The summed E-state index contributed by atoms with van der Waals surface area (Å²) in [6.45, 7) is 0. The van der Waals surface area contributed by atoms with Gasteiger partial charge < -0.3 is 22.1 Å². The second-order valence-electron chi connectivity index (χ2n) is 4.49. The normalized spacial score (nSPS) is 10.4. The van der Waals surface area contributed by atoms with E-state index in [1.807, 2.05) is 36.4 Å². The van der Waals surface area contributed by atoms with Gasteiger partial charge in [-0.2, -0.15) is 0 Å². The molecule has 2 aromatic carbocycles. The van der Waals surface area contributed by atoms with E-state index in [4.69, 9.17) is 11.5 Å². The highest BCUT2D eigenvalue weighted by molar-refractivity contribution is 5.94. The van der Waals surface area contributed by atoms with Gasteiger partial charge in [0, 0.05) is 11.4 Å². The zero-order valence-corrected chi connectivity index (χ0v) is 11.7. The predicted octanol–water partition coefficient (Wildman–Crippen LogP) is 2.84. The minimum Gasteiger partial charge on any atom is -0.351 e. The molecule has 0 heterocycles. The lowest BCUT2D eigenvalue weighted by molar-refractivity contribution is 0.258. The molecular weight excluding hydrogens is 280 g/mol. The van der Waals surface area contributed by atoms with Crippen LogP contribution < -0.4 is 22.1 Å². The van der Waals surface area contributed by atoms with Crippen LogP contribution in [0.4, 0.5) is 21.0 Å². The number of rotatable bonds is 4. The van der Waals surface area contributed by atoms with E-state index in [9.17, 15) is 9.59 Å². The van der Waals surface area contributed by atoms with Crippen molar-refractivity contribution in [1.82, 2.24) is 0 Å². The van der Waals surface area contributed by atoms with Crippen molar-refractivity contribution < 1.29 is 9.59 Å². The Morgan fingerprint density at radius 2 is 1.09 bits per heavy atom. The molecule has 0 radical (unpaired) electrons. The molecule has 22 heavy (non-hydrogen) atoms. The molecule has 0 fully saturated rings. The zero-order chi connectivity index (χ0) is 15.9. The molecule has 0 aliphatic carbocycles. The number of carbonyl (C=O) groups excluding carboxylic acids is 2. The van der Waals surface area contributed by atoms with Crippen LogP contribution in [-0.2, 0) is 0 Å². The fourth-order valence-electron chi connectivity index (χ4n) is 1.96. The van der Waals surface area contributed by atoms with Gasteiger partial charge in [0.1, 0.15) is 0 Å². The standard InChI is InChI=1S/C16H16N4O2/c17-15(21)19-13-7-3-1-5-11(13)9-10-12-6-2-4-8-14(12)20-16(18)22/h1-10H,(H3,17,19,21)(H3,18,20,22)/b10-9+. The van der Waals surface area contributed by atoms with Crippen LogP contribution in [0.25, 0.3) is 12.2 Å². The van der Waals surface area contributed by atoms with Gasteiger partial charge in [-0.05, 0) is 23.3 Å². The van der Waals surface area contributed by atoms with Crippen LogP contribution in [0.2, 0.25) is 0 Å². The first kappa shape index (κ1) is 15.1. The minimum absolute atomic E-state index is 0.603. The summed E-state index contributed by atoms with van der Waals surface area (Å²) in [5, 5.41) is 5.11. The molecule has 112 valence electrons. The van der Waals surface area contributed by atoms with Crippen LogP contribution in [0.5, 0.6) is 0 Å². The van der Waals surface area contributed by atoms with E-state index >= 15 is 0 Å². The van der Waals surface area contributed by atoms with E-state index in [-0.39, 0.29) is 0 Å². The lowest BCUT2D eigenvalue weighted by Gasteiger charge is -2.07. The fourth-order valence-corrected chi connectivity index (χ4v) is 1.96. The molecule has 4 amide bonds. The maximum Gasteiger partial charge on any atom is 0.316 e. The molecule has 6 nitrogen and oxygen atoms in total. The Kier molecular flexibility index (Phi) is 4.77. The first-order valence-electron chi connectivity index (χ1n) is 6.55. The number of amides is 4. The molecule has 0 aliphatic heterocycles. The van der Waals surface area contributed by atoms with Gasteiger partial charge in [-0.3, -0.25) is 0 Å². The van der Waals surface area contributed by atoms with Crippen molar-refractivity contribution in [1.29, 1.82) is 0 Å². The number of hydrogen-bond donors (Lipinski definition) is 4. The number of para-hydroxylation sites is 2. The molecule has 0 saturated carbocycles. The summed E-state index contributed by atoms with van der Waals surface area (Å²) in [5.41, 5.74) is 13.1. The van der Waals surface area contributed by atoms with Crippen molar-refractivity contribution in [2.45, 2.75) is 0 Å². The van der Waals surface area contributed by atoms with Crippen LogP contribution >= 0.6 is 0 Å². The SMILES string of the molecule is NC(=O)Nc1ccccc1/C=C/c1ccccc1NC(N)=O. The van der Waals surface area contributed by atoms with Crippen molar-refractivity contribution >= 4 is 35.6 Å². The summed E-state index contributed by atoms with van der Waals surface area (Å²) >= 11 is 0. The number of primary amides is 2. The van der Waals surface area contributed by atoms with Crippen LogP contribution in [0.1, 0.15) is 11.1 Å². The number of nitrogens with two attached hydrogens (primary N) is 2. The summed E-state index contributed by atoms with van der Waals surface area (Å²) in [6, 6.07) is 13.2. The van der Waals surface area contributed by atoms with Gasteiger partial charge in [0.15, 0.2) is 0 Å². The Hall–Kier alpha value is -3.28. The second-order valence-corrected chi connectivity index (χ2v) is 4.49. The summed E-state index contributed by atoms with van der Waals surface area (Å²) in [5.74, 6) is 0. The van der Waals surface area contributed by atoms with Crippen LogP contribution in [0.3, 0.4) is 0 Å². The first-order chi connectivity index (χ1) is 10.6. The number of nitrogens with one attached hydrogen (secondary N) is 2. The Balaban J connectivity index is 2.29. The van der Waals surface area contributed by atoms with E-state index < -0.39 is 12.1 Å². The number of hydrogen-bond acceptors (Lipinski definition) is 2. The average molecular weight is 296 g/mol. The molecule has 0 aromatic heterocycles. The molecule has 2 aromatic rings. The van der Waals surface area contributed by atoms with Gasteiger partial charge >= 0.3 is 12.1 Å². The molecule has 6 heteroatoms. The van der Waals surface area contributed by atoms with Gasteiger partial charge in [0.2, 0.25) is 0 Å². The summed E-state index contributed by atoms with van der Waals surface area (Å²) in [6.07, 6.45) is 3.62. The number of urea groups is 2. The highest BCUT2D eigenvalue weighted by atomic mass is 16.2. The summed E-state index contributed by atoms with van der Waals surface area (Å²) < 4.78 is 0. The Morgan fingerprint density at radius 1 is 0.727 bits per heavy atom. The number of anilines is 2. The Bertz CT molecular complexity index is 664. The van der Waals surface area contributed by atoms with Crippen LogP contribution in [0, 0.1) is 0 Å². The van der Waals surface area contributed by atoms with E-state index in [1.165, 1.54) is 0 Å². The third-order valence-electron chi connectivity index (χ3n) is 2.88. The Morgan fingerprint density at radius 3 is 1.45 bits per heavy atom. The topological polar surface area (TPSA) is 110 Å². The molecule has 0 unspecified atom stereocenters. The first-order valence-corrected chi connectivity index (χ1v) is 6.55. The van der Waals surface area contributed by atoms with Crippen molar-refractivity contribution in [3.05, 3.63) is 59.7 Å². The predicted molar refractivity (Wildman–Crippen MR) is 88.2 cm³/mol. The van der Waals surface area contributed by atoms with E-state index in [2.05, 4.69) is 10.6 Å². The average Bonchev–Trinajstić information content (AvgIpc) is 2.46. The monoisotopic (exact) mass is 296 g/mol. The van der Waals surface area contributed by atoms with Gasteiger partial charge in [-0.15, -0.1) is 0 Å². The molecular formula is C16H16N4O2.